The van der Waals surface area contributed by atoms with Crippen LogP contribution in [0.3, 0.4) is 0 Å². The van der Waals surface area contributed by atoms with Crippen LogP contribution in [0.25, 0.3) is 0 Å². The zero-order valence-electron chi connectivity index (χ0n) is 17.8. The summed E-state index contributed by atoms with van der Waals surface area (Å²) in [6, 6.07) is 7.58. The number of hydrogen-bond acceptors (Lipinski definition) is 3. The highest BCUT2D eigenvalue weighted by atomic mass is 16.1. The number of hydrogen-bond donors (Lipinski definition) is 2. The third-order valence-electron chi connectivity index (χ3n) is 4.44. The molecule has 7 heteroatoms. The number of amides is 1. The minimum Gasteiger partial charge on any atom is -0.354 e. The van der Waals surface area contributed by atoms with Crippen molar-refractivity contribution >= 4 is 11.9 Å². The van der Waals surface area contributed by atoms with Gasteiger partial charge in [0.15, 0.2) is 5.96 Å². The summed E-state index contributed by atoms with van der Waals surface area (Å²) in [5, 5.41) is 10.8. The Kier molecular flexibility index (Phi) is 7.61. The molecule has 1 heterocycles. The second kappa shape index (κ2) is 9.92. The molecule has 0 saturated carbocycles. The van der Waals surface area contributed by atoms with E-state index in [1.54, 1.807) is 7.05 Å². The Morgan fingerprint density at radius 3 is 2.64 bits per heavy atom. The van der Waals surface area contributed by atoms with Crippen LogP contribution in [0.15, 0.2) is 35.5 Å². The summed E-state index contributed by atoms with van der Waals surface area (Å²) in [4.78, 5) is 18.6. The molecule has 0 unspecified atom stereocenters. The molecule has 152 valence electrons. The van der Waals surface area contributed by atoms with E-state index >= 15 is 0 Å². The quantitative estimate of drug-likeness (QED) is 0.436. The smallest absolute Gasteiger partial charge is 0.251 e. The fourth-order valence-electron chi connectivity index (χ4n) is 3.12. The molecule has 2 aromatic rings. The Balaban J connectivity index is 1.84. The summed E-state index contributed by atoms with van der Waals surface area (Å²) in [5.41, 5.74) is 4.05. The van der Waals surface area contributed by atoms with Crippen molar-refractivity contribution in [2.75, 3.05) is 27.2 Å². The predicted molar refractivity (Wildman–Crippen MR) is 114 cm³/mol. The Morgan fingerprint density at radius 1 is 1.29 bits per heavy atom. The molecule has 0 aliphatic heterocycles. The summed E-state index contributed by atoms with van der Waals surface area (Å²) < 4.78 is 1.86. The van der Waals surface area contributed by atoms with E-state index in [1.807, 2.05) is 50.0 Å². The number of aryl methyl sites for hydroxylation is 2. The molecule has 0 bridgehead atoms. The minimum absolute atomic E-state index is 0.0641. The van der Waals surface area contributed by atoms with Gasteiger partial charge < -0.3 is 15.5 Å². The molecule has 0 aliphatic rings. The van der Waals surface area contributed by atoms with Gasteiger partial charge in [0.2, 0.25) is 0 Å². The van der Waals surface area contributed by atoms with Crippen molar-refractivity contribution in [3.05, 3.63) is 52.8 Å². The summed E-state index contributed by atoms with van der Waals surface area (Å²) in [6.45, 7) is 8.11. The van der Waals surface area contributed by atoms with E-state index in [2.05, 4.69) is 45.7 Å². The number of carbonyl (C=O) groups is 1. The molecule has 0 spiro atoms. The van der Waals surface area contributed by atoms with Crippen LogP contribution < -0.4 is 10.6 Å². The van der Waals surface area contributed by atoms with Crippen molar-refractivity contribution in [3.63, 3.8) is 0 Å². The molecule has 2 N–H and O–H groups in total. The van der Waals surface area contributed by atoms with Gasteiger partial charge in [-0.05, 0) is 25.0 Å². The van der Waals surface area contributed by atoms with Gasteiger partial charge in [-0.1, -0.05) is 31.5 Å². The third-order valence-corrected chi connectivity index (χ3v) is 4.44. The van der Waals surface area contributed by atoms with E-state index < -0.39 is 0 Å². The highest BCUT2D eigenvalue weighted by molar-refractivity contribution is 5.94. The fourth-order valence-corrected chi connectivity index (χ4v) is 3.12. The summed E-state index contributed by atoms with van der Waals surface area (Å²) in [5.74, 6) is 1.09. The Bertz CT molecular complexity index is 824. The van der Waals surface area contributed by atoms with Crippen molar-refractivity contribution in [2.45, 2.75) is 33.2 Å². The molecule has 0 atom stereocenters. The van der Waals surface area contributed by atoms with Gasteiger partial charge in [0.25, 0.3) is 5.91 Å². The van der Waals surface area contributed by atoms with Crippen LogP contribution in [0.4, 0.5) is 0 Å². The molecule has 2 rings (SSSR count). The van der Waals surface area contributed by atoms with E-state index in [-0.39, 0.29) is 5.91 Å². The number of aromatic nitrogens is 2. The highest BCUT2D eigenvalue weighted by Crippen LogP contribution is 2.18. The van der Waals surface area contributed by atoms with Gasteiger partial charge in [-0.15, -0.1) is 0 Å². The van der Waals surface area contributed by atoms with E-state index in [0.717, 1.165) is 23.8 Å². The second-order valence-corrected chi connectivity index (χ2v) is 7.32. The Labute approximate surface area is 167 Å². The number of rotatable bonds is 7. The lowest BCUT2D eigenvalue weighted by Gasteiger charge is -2.22. The van der Waals surface area contributed by atoms with E-state index in [0.29, 0.717) is 24.6 Å². The second-order valence-electron chi connectivity index (χ2n) is 7.32. The lowest BCUT2D eigenvalue weighted by Crippen LogP contribution is -2.42. The number of benzene rings is 1. The topological polar surface area (TPSA) is 74.6 Å². The largest absolute Gasteiger partial charge is 0.354 e. The molecule has 1 aromatic carbocycles. The van der Waals surface area contributed by atoms with Crippen LogP contribution in [0.5, 0.6) is 0 Å². The average molecular weight is 385 g/mol. The zero-order chi connectivity index (χ0) is 20.7. The maximum absolute atomic E-state index is 12.2. The minimum atomic E-state index is -0.0641. The van der Waals surface area contributed by atoms with Crippen LogP contribution in [-0.2, 0) is 13.6 Å². The van der Waals surface area contributed by atoms with Crippen molar-refractivity contribution in [1.29, 1.82) is 0 Å². The molecule has 0 saturated heterocycles. The third kappa shape index (κ3) is 5.84. The Hall–Kier alpha value is -2.83. The number of carbonyl (C=O) groups excluding carboxylic acids is 1. The number of nitrogens with one attached hydrogen (secondary N) is 2. The van der Waals surface area contributed by atoms with Gasteiger partial charge in [0.1, 0.15) is 0 Å². The fraction of sp³-hybridized carbons (Fsp3) is 0.476. The van der Waals surface area contributed by atoms with E-state index in [4.69, 9.17) is 0 Å². The number of nitrogens with zero attached hydrogens (tertiary/aromatic N) is 4. The standard InChI is InChI=1S/C21H32N6O/c1-15(2)19-18(14-27(6)25-19)13-26(5)21(22-4)24-11-10-23-20(28)17-9-7-8-16(3)12-17/h7-9,12,14-15H,10-11,13H2,1-6H3,(H,22,24)(H,23,28). The lowest BCUT2D eigenvalue weighted by atomic mass is 10.1. The van der Waals surface area contributed by atoms with Crippen molar-refractivity contribution in [3.8, 4) is 0 Å². The monoisotopic (exact) mass is 384 g/mol. The van der Waals surface area contributed by atoms with Gasteiger partial charge in [-0.2, -0.15) is 5.10 Å². The predicted octanol–water partition coefficient (Wildman–Crippen LogP) is 2.29. The van der Waals surface area contributed by atoms with Crippen LogP contribution >= 0.6 is 0 Å². The zero-order valence-corrected chi connectivity index (χ0v) is 17.8. The first kappa shape index (κ1) is 21.5. The molecule has 28 heavy (non-hydrogen) atoms. The van der Waals surface area contributed by atoms with Crippen molar-refractivity contribution < 1.29 is 4.79 Å². The molecule has 1 aromatic heterocycles. The van der Waals surface area contributed by atoms with E-state index in [9.17, 15) is 4.79 Å². The molecule has 0 radical (unpaired) electrons. The van der Waals surface area contributed by atoms with Crippen LogP contribution in [0.1, 0.15) is 46.9 Å². The molecular formula is C21H32N6O. The summed E-state index contributed by atoms with van der Waals surface area (Å²) >= 11 is 0. The Morgan fingerprint density at radius 2 is 2.00 bits per heavy atom. The van der Waals surface area contributed by atoms with Crippen LogP contribution in [-0.4, -0.2) is 53.7 Å². The first-order chi connectivity index (χ1) is 13.3. The van der Waals surface area contributed by atoms with Gasteiger partial charge >= 0.3 is 0 Å². The molecular weight excluding hydrogens is 352 g/mol. The van der Waals surface area contributed by atoms with E-state index in [1.165, 1.54) is 5.56 Å². The van der Waals surface area contributed by atoms with Crippen LogP contribution in [0.2, 0.25) is 0 Å². The number of aliphatic imine (C=N–C) groups is 1. The van der Waals surface area contributed by atoms with Gasteiger partial charge in [0, 0.05) is 58.1 Å². The van der Waals surface area contributed by atoms with Gasteiger partial charge in [0.05, 0.1) is 5.69 Å². The maximum atomic E-state index is 12.2. The van der Waals surface area contributed by atoms with Crippen molar-refractivity contribution in [1.82, 2.24) is 25.3 Å². The average Bonchev–Trinajstić information content (AvgIpc) is 3.02. The molecule has 0 fully saturated rings. The SMILES string of the molecule is CN=C(NCCNC(=O)c1cccc(C)c1)N(C)Cc1cn(C)nc1C(C)C. The van der Waals surface area contributed by atoms with Gasteiger partial charge in [-0.3, -0.25) is 14.5 Å². The molecule has 0 aliphatic carbocycles. The molecule has 1 amide bonds. The lowest BCUT2D eigenvalue weighted by molar-refractivity contribution is 0.0954. The summed E-state index contributed by atoms with van der Waals surface area (Å²) in [7, 11) is 5.70. The maximum Gasteiger partial charge on any atom is 0.251 e. The van der Waals surface area contributed by atoms with Crippen molar-refractivity contribution in [2.24, 2.45) is 12.0 Å². The normalized spacial score (nSPS) is 11.6. The molecule has 7 nitrogen and oxygen atoms in total. The summed E-state index contributed by atoms with van der Waals surface area (Å²) in [6.07, 6.45) is 2.06. The highest BCUT2D eigenvalue weighted by Gasteiger charge is 2.15. The van der Waals surface area contributed by atoms with Crippen LogP contribution in [0, 0.1) is 6.92 Å². The van der Waals surface area contributed by atoms with Gasteiger partial charge in [-0.25, -0.2) is 0 Å². The first-order valence-corrected chi connectivity index (χ1v) is 9.61. The number of guanidine groups is 1. The first-order valence-electron chi connectivity index (χ1n) is 9.61.